The van der Waals surface area contributed by atoms with Crippen molar-refractivity contribution >= 4 is 44.8 Å². The van der Waals surface area contributed by atoms with Crippen LogP contribution < -0.4 is 4.72 Å². The summed E-state index contributed by atoms with van der Waals surface area (Å²) in [6.45, 7) is 0.165. The third-order valence-electron chi connectivity index (χ3n) is 5.56. The van der Waals surface area contributed by atoms with Crippen molar-refractivity contribution in [3.8, 4) is 0 Å². The number of sulfonamides is 1. The molecule has 1 aromatic heterocycles. The van der Waals surface area contributed by atoms with Gasteiger partial charge in [0.2, 0.25) is 10.0 Å². The maximum atomic E-state index is 13.8. The van der Waals surface area contributed by atoms with Crippen LogP contribution in [0, 0.1) is 5.82 Å². The summed E-state index contributed by atoms with van der Waals surface area (Å²) in [7, 11) is -1.57. The second-order valence-corrected chi connectivity index (χ2v) is 10.9. The number of aliphatic hydroxyl groups is 1. The Hall–Kier alpha value is -2.42. The molecule has 3 heterocycles. The number of carbonyl (C=O) groups is 1. The number of hydrogen-bond acceptors (Lipinski definition) is 10. The van der Waals surface area contributed by atoms with E-state index in [9.17, 15) is 22.7 Å². The Morgan fingerprint density at radius 3 is 2.83 bits per heavy atom. The second-order valence-electron chi connectivity index (χ2n) is 7.81. The molecular formula is C21H22ClFN4O6S2. The molecule has 2 aromatic rings. The highest BCUT2D eigenvalue weighted by Gasteiger charge is 2.42. The van der Waals surface area contributed by atoms with Gasteiger partial charge in [0.1, 0.15) is 11.9 Å². The lowest BCUT2D eigenvalue weighted by Crippen LogP contribution is -2.41. The van der Waals surface area contributed by atoms with E-state index in [0.717, 1.165) is 13.2 Å². The Balaban J connectivity index is 1.79. The Morgan fingerprint density at radius 1 is 1.43 bits per heavy atom. The number of nitrogens with one attached hydrogen (secondary N) is 1. The van der Waals surface area contributed by atoms with E-state index in [-0.39, 0.29) is 18.0 Å². The first kappa shape index (κ1) is 25.7. The highest BCUT2D eigenvalue weighted by atomic mass is 35.5. The van der Waals surface area contributed by atoms with Crippen LogP contribution in [0.1, 0.15) is 23.0 Å². The molecule has 188 valence electrons. The number of amidine groups is 1. The summed E-state index contributed by atoms with van der Waals surface area (Å²) >= 11 is 7.68. The molecule has 0 spiro atoms. The predicted octanol–water partition coefficient (Wildman–Crippen LogP) is 1.82. The Morgan fingerprint density at radius 2 is 2.20 bits per heavy atom. The monoisotopic (exact) mass is 544 g/mol. The third kappa shape index (κ3) is 5.39. The highest BCUT2D eigenvalue weighted by molar-refractivity contribution is 7.90. The van der Waals surface area contributed by atoms with Gasteiger partial charge in [-0.25, -0.2) is 22.5 Å². The summed E-state index contributed by atoms with van der Waals surface area (Å²) in [6.07, 6.45) is 0.374. The molecule has 0 radical (unpaired) electrons. The van der Waals surface area contributed by atoms with E-state index >= 15 is 0 Å². The molecular weight excluding hydrogens is 523 g/mol. The number of carbonyl (C=O) groups excluding carboxylic acids is 1. The number of hydrogen-bond donors (Lipinski definition) is 2. The fourth-order valence-electron chi connectivity index (χ4n) is 4.10. The van der Waals surface area contributed by atoms with Crippen LogP contribution in [0.25, 0.3) is 0 Å². The van der Waals surface area contributed by atoms with Crippen molar-refractivity contribution in [2.24, 2.45) is 4.99 Å². The van der Waals surface area contributed by atoms with E-state index in [0.29, 0.717) is 27.7 Å². The Labute approximate surface area is 210 Å². The number of thiazole rings is 1. The standard InChI is InChI=1S/C21H22ClFN4O6S2/c1-32-16(28)10-35(30,31)26-12-8-15-17(21(29)33-2)18(13-4-3-11(23)7-14(13)22)25-19(27(15)9-12)20-24-5-6-34-20/h3-7,12,18,21,26,29H,8-10H2,1-2H3/t12-,18-,21?/m0/s1. The number of rotatable bonds is 8. The summed E-state index contributed by atoms with van der Waals surface area (Å²) in [5.74, 6) is -1.79. The molecule has 3 atom stereocenters. The minimum Gasteiger partial charge on any atom is -0.468 e. The van der Waals surface area contributed by atoms with E-state index in [1.165, 1.54) is 30.6 Å². The maximum Gasteiger partial charge on any atom is 0.322 e. The fraction of sp³-hybridized carbons (Fsp3) is 0.381. The molecule has 1 saturated heterocycles. The zero-order valence-corrected chi connectivity index (χ0v) is 21.0. The molecule has 0 saturated carbocycles. The van der Waals surface area contributed by atoms with Gasteiger partial charge in [0, 0.05) is 54.0 Å². The second kappa shape index (κ2) is 10.3. The van der Waals surface area contributed by atoms with Crippen LogP contribution in [0.2, 0.25) is 5.02 Å². The molecule has 2 aliphatic rings. The molecule has 10 nitrogen and oxygen atoms in total. The van der Waals surface area contributed by atoms with Crippen LogP contribution in [0.3, 0.4) is 0 Å². The van der Waals surface area contributed by atoms with Gasteiger partial charge in [0.05, 0.1) is 7.11 Å². The van der Waals surface area contributed by atoms with Crippen LogP contribution in [-0.4, -0.2) is 74.1 Å². The summed E-state index contributed by atoms with van der Waals surface area (Å²) in [4.78, 5) is 22.4. The number of esters is 1. The minimum absolute atomic E-state index is 0.111. The van der Waals surface area contributed by atoms with Gasteiger partial charge in [0.15, 0.2) is 22.9 Å². The molecule has 0 amide bonds. The van der Waals surface area contributed by atoms with Gasteiger partial charge in [-0.1, -0.05) is 17.7 Å². The summed E-state index contributed by atoms with van der Waals surface area (Å²) < 4.78 is 50.9. The van der Waals surface area contributed by atoms with Crippen LogP contribution in [0.4, 0.5) is 4.39 Å². The van der Waals surface area contributed by atoms with Crippen LogP contribution >= 0.6 is 22.9 Å². The number of methoxy groups -OCH3 is 2. The molecule has 2 N–H and O–H groups in total. The van der Waals surface area contributed by atoms with E-state index < -0.39 is 45.9 Å². The van der Waals surface area contributed by atoms with Gasteiger partial charge in [-0.2, -0.15) is 0 Å². The Bertz CT molecular complexity index is 1280. The molecule has 1 fully saturated rings. The quantitative estimate of drug-likeness (QED) is 0.380. The normalized spacial score (nSPS) is 21.1. The van der Waals surface area contributed by atoms with Gasteiger partial charge in [-0.3, -0.25) is 9.79 Å². The van der Waals surface area contributed by atoms with Crippen LogP contribution in [0.15, 0.2) is 46.0 Å². The first-order valence-electron chi connectivity index (χ1n) is 10.3. The summed E-state index contributed by atoms with van der Waals surface area (Å²) in [6, 6.07) is 2.39. The lowest BCUT2D eigenvalue weighted by atomic mass is 9.94. The van der Waals surface area contributed by atoms with Crippen LogP contribution in [-0.2, 0) is 24.3 Å². The number of benzene rings is 1. The predicted molar refractivity (Wildman–Crippen MR) is 127 cm³/mol. The SMILES string of the molecule is COC(=O)CS(=O)(=O)N[C@H]1CC2=C(C(O)OC)[C@H](c3ccc(F)cc3Cl)N=C(c3nccs3)N2C1. The van der Waals surface area contributed by atoms with Crippen molar-refractivity contribution in [1.82, 2.24) is 14.6 Å². The van der Waals surface area contributed by atoms with Gasteiger partial charge in [-0.05, 0) is 17.7 Å². The number of aliphatic hydroxyl groups excluding tert-OH is 1. The topological polar surface area (TPSA) is 130 Å². The van der Waals surface area contributed by atoms with Crippen molar-refractivity contribution in [3.63, 3.8) is 0 Å². The van der Waals surface area contributed by atoms with Gasteiger partial charge >= 0.3 is 5.97 Å². The maximum absolute atomic E-state index is 13.8. The number of halogens is 2. The average molecular weight is 545 g/mol. The van der Waals surface area contributed by atoms with Crippen LogP contribution in [0.5, 0.6) is 0 Å². The largest absolute Gasteiger partial charge is 0.468 e. The Kier molecular flexibility index (Phi) is 7.54. The number of ether oxygens (including phenoxy) is 2. The van der Waals surface area contributed by atoms with Crippen molar-refractivity contribution in [2.45, 2.75) is 24.8 Å². The third-order valence-corrected chi connectivity index (χ3v) is 7.96. The minimum atomic E-state index is -3.99. The molecule has 0 bridgehead atoms. The van der Waals surface area contributed by atoms with Gasteiger partial charge < -0.3 is 19.5 Å². The smallest absolute Gasteiger partial charge is 0.322 e. The molecule has 1 unspecified atom stereocenters. The number of aromatic nitrogens is 1. The molecule has 1 aromatic carbocycles. The van der Waals surface area contributed by atoms with Gasteiger partial charge in [0.25, 0.3) is 0 Å². The van der Waals surface area contributed by atoms with E-state index in [1.807, 2.05) is 0 Å². The van der Waals surface area contributed by atoms with E-state index in [1.54, 1.807) is 16.5 Å². The summed E-state index contributed by atoms with van der Waals surface area (Å²) in [5.41, 5.74) is 1.35. The van der Waals surface area contributed by atoms with Crippen molar-refractivity contribution in [3.05, 3.63) is 62.5 Å². The van der Waals surface area contributed by atoms with Crippen molar-refractivity contribution in [1.29, 1.82) is 0 Å². The number of fused-ring (bicyclic) bond motifs is 1. The molecule has 2 aliphatic heterocycles. The number of aliphatic imine (C=N–C) groups is 1. The zero-order valence-electron chi connectivity index (χ0n) is 18.6. The highest BCUT2D eigenvalue weighted by Crippen LogP contribution is 2.43. The number of nitrogens with zero attached hydrogens (tertiary/aromatic N) is 3. The lowest BCUT2D eigenvalue weighted by Gasteiger charge is -2.34. The first-order valence-corrected chi connectivity index (χ1v) is 13.2. The molecule has 14 heteroatoms. The van der Waals surface area contributed by atoms with Crippen molar-refractivity contribution < 1.29 is 32.2 Å². The zero-order chi connectivity index (χ0) is 25.3. The molecule has 35 heavy (non-hydrogen) atoms. The molecule has 4 rings (SSSR count). The van der Waals surface area contributed by atoms with Crippen molar-refractivity contribution in [2.75, 3.05) is 26.5 Å². The lowest BCUT2D eigenvalue weighted by molar-refractivity contribution is -0.137. The average Bonchev–Trinajstić information content (AvgIpc) is 3.47. The first-order chi connectivity index (χ1) is 16.6. The fourth-order valence-corrected chi connectivity index (χ4v) is 6.19. The van der Waals surface area contributed by atoms with E-state index in [2.05, 4.69) is 14.4 Å². The van der Waals surface area contributed by atoms with E-state index in [4.69, 9.17) is 21.3 Å². The molecule has 0 aliphatic carbocycles. The van der Waals surface area contributed by atoms with Gasteiger partial charge in [-0.15, -0.1) is 11.3 Å². The summed E-state index contributed by atoms with van der Waals surface area (Å²) in [5, 5.41) is 13.2.